The molecule has 0 aromatic carbocycles. The van der Waals surface area contributed by atoms with E-state index in [2.05, 4.69) is 15.5 Å². The van der Waals surface area contributed by atoms with E-state index in [1.807, 2.05) is 18.7 Å². The van der Waals surface area contributed by atoms with Crippen LogP contribution in [0.15, 0.2) is 0 Å². The Balaban J connectivity index is 1.81. The molecule has 0 aromatic rings. The Kier molecular flexibility index (Phi) is 4.99. The molecule has 114 valence electrons. The topological polar surface area (TPSA) is 64.7 Å². The second-order valence-electron chi connectivity index (χ2n) is 6.07. The summed E-state index contributed by atoms with van der Waals surface area (Å²) < 4.78 is 0. The summed E-state index contributed by atoms with van der Waals surface area (Å²) in [5.74, 6) is -0.0288. The standard InChI is InChI=1S/C14H26N4O2/c1-14(2,18-9-5-15-6-10-18)13(20)16-11-12(19)17-7-3-4-8-17/h15H,3-11H2,1-2H3,(H,16,20). The maximum atomic E-state index is 12.3. The molecular weight excluding hydrogens is 256 g/mol. The molecule has 0 aromatic heterocycles. The zero-order valence-corrected chi connectivity index (χ0v) is 12.6. The summed E-state index contributed by atoms with van der Waals surface area (Å²) in [6.45, 7) is 9.16. The van der Waals surface area contributed by atoms with Crippen LogP contribution >= 0.6 is 0 Å². The van der Waals surface area contributed by atoms with Crippen molar-refractivity contribution in [2.24, 2.45) is 0 Å². The van der Waals surface area contributed by atoms with Crippen LogP contribution in [0.3, 0.4) is 0 Å². The Morgan fingerprint density at radius 2 is 1.70 bits per heavy atom. The first-order valence-corrected chi connectivity index (χ1v) is 7.53. The van der Waals surface area contributed by atoms with Crippen molar-refractivity contribution in [1.29, 1.82) is 0 Å². The van der Waals surface area contributed by atoms with Gasteiger partial charge in [-0.1, -0.05) is 0 Å². The number of nitrogens with one attached hydrogen (secondary N) is 2. The fourth-order valence-electron chi connectivity index (χ4n) is 2.82. The summed E-state index contributed by atoms with van der Waals surface area (Å²) in [4.78, 5) is 28.3. The predicted octanol–water partition coefficient (Wildman–Crippen LogP) is -0.591. The van der Waals surface area contributed by atoms with Crippen LogP contribution in [0.1, 0.15) is 26.7 Å². The number of carbonyl (C=O) groups excluding carboxylic acids is 2. The Morgan fingerprint density at radius 3 is 2.30 bits per heavy atom. The molecule has 2 heterocycles. The van der Waals surface area contributed by atoms with Crippen molar-refractivity contribution in [3.05, 3.63) is 0 Å². The highest BCUT2D eigenvalue weighted by atomic mass is 16.2. The molecule has 20 heavy (non-hydrogen) atoms. The van der Waals surface area contributed by atoms with Gasteiger partial charge >= 0.3 is 0 Å². The first-order valence-electron chi connectivity index (χ1n) is 7.53. The van der Waals surface area contributed by atoms with Crippen molar-refractivity contribution in [2.45, 2.75) is 32.2 Å². The molecule has 0 radical (unpaired) electrons. The third kappa shape index (κ3) is 3.49. The quantitative estimate of drug-likeness (QED) is 0.723. The van der Waals surface area contributed by atoms with Gasteiger partial charge in [-0.15, -0.1) is 0 Å². The van der Waals surface area contributed by atoms with Crippen molar-refractivity contribution >= 4 is 11.8 Å². The molecule has 2 amide bonds. The minimum Gasteiger partial charge on any atom is -0.345 e. The smallest absolute Gasteiger partial charge is 0.241 e. The van der Waals surface area contributed by atoms with Crippen molar-refractivity contribution in [3.8, 4) is 0 Å². The first kappa shape index (κ1) is 15.3. The molecule has 0 spiro atoms. The molecule has 0 atom stereocenters. The molecule has 0 bridgehead atoms. The molecule has 6 heteroatoms. The number of amides is 2. The first-order chi connectivity index (χ1) is 9.51. The van der Waals surface area contributed by atoms with Crippen LogP contribution in [0.2, 0.25) is 0 Å². The summed E-state index contributed by atoms with van der Waals surface area (Å²) in [6.07, 6.45) is 2.15. The lowest BCUT2D eigenvalue weighted by molar-refractivity contribution is -0.136. The average Bonchev–Trinajstić information content (AvgIpc) is 2.99. The summed E-state index contributed by atoms with van der Waals surface area (Å²) in [5, 5.41) is 6.08. The lowest BCUT2D eigenvalue weighted by Gasteiger charge is -2.39. The number of hydrogen-bond acceptors (Lipinski definition) is 4. The Bertz CT molecular complexity index is 358. The third-order valence-corrected chi connectivity index (χ3v) is 4.32. The number of carbonyl (C=O) groups is 2. The minimum absolute atomic E-state index is 0.0342. The number of nitrogens with zero attached hydrogens (tertiary/aromatic N) is 2. The molecule has 0 unspecified atom stereocenters. The molecular formula is C14H26N4O2. The van der Waals surface area contributed by atoms with Crippen LogP contribution in [0.5, 0.6) is 0 Å². The molecule has 2 aliphatic rings. The van der Waals surface area contributed by atoms with Gasteiger partial charge in [-0.05, 0) is 26.7 Å². The largest absolute Gasteiger partial charge is 0.345 e. The van der Waals surface area contributed by atoms with E-state index < -0.39 is 5.54 Å². The average molecular weight is 282 g/mol. The SMILES string of the molecule is CC(C)(C(=O)NCC(=O)N1CCCC1)N1CCNCC1. The van der Waals surface area contributed by atoms with Gasteiger partial charge in [0.1, 0.15) is 0 Å². The van der Waals surface area contributed by atoms with Crippen molar-refractivity contribution in [1.82, 2.24) is 20.4 Å². The minimum atomic E-state index is -0.562. The monoisotopic (exact) mass is 282 g/mol. The summed E-state index contributed by atoms with van der Waals surface area (Å²) in [7, 11) is 0. The van der Waals surface area contributed by atoms with Crippen LogP contribution in [-0.4, -0.2) is 73.0 Å². The number of likely N-dealkylation sites (tertiary alicyclic amines) is 1. The Labute approximate surface area is 120 Å². The summed E-state index contributed by atoms with van der Waals surface area (Å²) in [5.41, 5.74) is -0.562. The zero-order valence-electron chi connectivity index (χ0n) is 12.6. The number of rotatable bonds is 4. The van der Waals surface area contributed by atoms with E-state index in [1.165, 1.54) is 0 Å². The van der Waals surface area contributed by atoms with Gasteiger partial charge in [0.2, 0.25) is 11.8 Å². The molecule has 2 fully saturated rings. The lowest BCUT2D eigenvalue weighted by atomic mass is 10.0. The van der Waals surface area contributed by atoms with E-state index in [4.69, 9.17) is 0 Å². The van der Waals surface area contributed by atoms with E-state index in [-0.39, 0.29) is 18.4 Å². The molecule has 2 aliphatic heterocycles. The van der Waals surface area contributed by atoms with Crippen molar-refractivity contribution < 1.29 is 9.59 Å². The predicted molar refractivity (Wildman–Crippen MR) is 77.3 cm³/mol. The highest BCUT2D eigenvalue weighted by molar-refractivity contribution is 5.89. The summed E-state index contributed by atoms with van der Waals surface area (Å²) in [6, 6.07) is 0. The maximum absolute atomic E-state index is 12.3. The van der Waals surface area contributed by atoms with Gasteiger partial charge in [0.05, 0.1) is 12.1 Å². The van der Waals surface area contributed by atoms with Crippen LogP contribution in [0, 0.1) is 0 Å². The van der Waals surface area contributed by atoms with Gasteiger partial charge in [0, 0.05) is 39.3 Å². The van der Waals surface area contributed by atoms with Crippen LogP contribution in [0.4, 0.5) is 0 Å². The van der Waals surface area contributed by atoms with Crippen LogP contribution in [-0.2, 0) is 9.59 Å². The van der Waals surface area contributed by atoms with E-state index in [0.717, 1.165) is 52.1 Å². The van der Waals surface area contributed by atoms with Crippen LogP contribution in [0.25, 0.3) is 0 Å². The normalized spacial score (nSPS) is 21.0. The van der Waals surface area contributed by atoms with Gasteiger partial charge < -0.3 is 15.5 Å². The van der Waals surface area contributed by atoms with E-state index in [0.29, 0.717) is 0 Å². The second-order valence-corrected chi connectivity index (χ2v) is 6.07. The zero-order chi connectivity index (χ0) is 14.6. The molecule has 2 N–H and O–H groups in total. The number of hydrogen-bond donors (Lipinski definition) is 2. The van der Waals surface area contributed by atoms with Gasteiger partial charge in [-0.2, -0.15) is 0 Å². The molecule has 2 saturated heterocycles. The fraction of sp³-hybridized carbons (Fsp3) is 0.857. The van der Waals surface area contributed by atoms with Crippen molar-refractivity contribution in [2.75, 3.05) is 45.8 Å². The highest BCUT2D eigenvalue weighted by Gasteiger charge is 2.35. The van der Waals surface area contributed by atoms with Crippen LogP contribution < -0.4 is 10.6 Å². The molecule has 0 saturated carbocycles. The second kappa shape index (κ2) is 6.54. The Hall–Kier alpha value is -1.14. The molecule has 2 rings (SSSR count). The number of piperazine rings is 1. The van der Waals surface area contributed by atoms with Gasteiger partial charge in [-0.25, -0.2) is 0 Å². The molecule has 0 aliphatic carbocycles. The lowest BCUT2D eigenvalue weighted by Crippen LogP contribution is -2.60. The van der Waals surface area contributed by atoms with Gasteiger partial charge in [0.15, 0.2) is 0 Å². The Morgan fingerprint density at radius 1 is 1.10 bits per heavy atom. The van der Waals surface area contributed by atoms with Crippen molar-refractivity contribution in [3.63, 3.8) is 0 Å². The van der Waals surface area contributed by atoms with E-state index in [1.54, 1.807) is 0 Å². The van der Waals surface area contributed by atoms with Gasteiger partial charge in [-0.3, -0.25) is 14.5 Å². The fourth-order valence-corrected chi connectivity index (χ4v) is 2.82. The third-order valence-electron chi connectivity index (χ3n) is 4.32. The molecule has 6 nitrogen and oxygen atoms in total. The van der Waals surface area contributed by atoms with Gasteiger partial charge in [0.25, 0.3) is 0 Å². The van der Waals surface area contributed by atoms with E-state index >= 15 is 0 Å². The maximum Gasteiger partial charge on any atom is 0.241 e. The van der Waals surface area contributed by atoms with E-state index in [9.17, 15) is 9.59 Å². The highest BCUT2D eigenvalue weighted by Crippen LogP contribution is 2.15. The summed E-state index contributed by atoms with van der Waals surface area (Å²) >= 11 is 0.